The Bertz CT molecular complexity index is 319. The summed E-state index contributed by atoms with van der Waals surface area (Å²) in [6.45, 7) is 5.27. The molecule has 1 aliphatic rings. The first-order valence-corrected chi connectivity index (χ1v) is 6.02. The van der Waals surface area contributed by atoms with Crippen LogP contribution in [0, 0.1) is 5.82 Å². The van der Waals surface area contributed by atoms with Crippen molar-refractivity contribution in [1.82, 2.24) is 10.2 Å². The number of hydrogen-bond donors (Lipinski definition) is 1. The van der Waals surface area contributed by atoms with E-state index in [1.807, 2.05) is 6.07 Å². The van der Waals surface area contributed by atoms with Gasteiger partial charge in [-0.2, -0.15) is 0 Å². The van der Waals surface area contributed by atoms with Crippen LogP contribution in [0.15, 0.2) is 24.3 Å². The van der Waals surface area contributed by atoms with Crippen molar-refractivity contribution in [3.63, 3.8) is 0 Å². The number of halogens is 1. The molecule has 0 atom stereocenters. The van der Waals surface area contributed by atoms with Crippen molar-refractivity contribution < 1.29 is 4.39 Å². The van der Waals surface area contributed by atoms with E-state index in [1.54, 1.807) is 12.1 Å². The number of nitrogens with zero attached hydrogens (tertiary/aromatic N) is 1. The molecule has 0 bridgehead atoms. The lowest BCUT2D eigenvalue weighted by molar-refractivity contribution is 0.244. The van der Waals surface area contributed by atoms with Crippen molar-refractivity contribution in [3.8, 4) is 0 Å². The molecule has 0 radical (unpaired) electrons. The van der Waals surface area contributed by atoms with Crippen LogP contribution in [0.4, 0.5) is 4.39 Å². The summed E-state index contributed by atoms with van der Waals surface area (Å²) in [5.74, 6) is -0.133. The molecule has 1 fully saturated rings. The summed E-state index contributed by atoms with van der Waals surface area (Å²) in [6, 6.07) is 6.92. The third-order valence-electron chi connectivity index (χ3n) is 2.95. The van der Waals surface area contributed by atoms with Crippen LogP contribution in [-0.4, -0.2) is 31.1 Å². The number of nitrogens with one attached hydrogen (secondary N) is 1. The van der Waals surface area contributed by atoms with Crippen molar-refractivity contribution >= 4 is 0 Å². The normalized spacial score (nSPS) is 19.1. The number of hydrogen-bond acceptors (Lipinski definition) is 2. The van der Waals surface area contributed by atoms with Gasteiger partial charge in [-0.1, -0.05) is 12.1 Å². The van der Waals surface area contributed by atoms with Crippen LogP contribution in [0.25, 0.3) is 0 Å². The summed E-state index contributed by atoms with van der Waals surface area (Å²) < 4.78 is 13.0. The smallest absolute Gasteiger partial charge is 0.123 e. The molecule has 2 rings (SSSR count). The first-order valence-electron chi connectivity index (χ1n) is 6.02. The molecular formula is C13H19FN2. The lowest BCUT2D eigenvalue weighted by Crippen LogP contribution is -2.33. The van der Waals surface area contributed by atoms with Crippen LogP contribution in [0.5, 0.6) is 0 Å². The maximum absolute atomic E-state index is 13.0. The number of benzene rings is 1. The Labute approximate surface area is 96.5 Å². The predicted molar refractivity (Wildman–Crippen MR) is 63.8 cm³/mol. The minimum absolute atomic E-state index is 0.133. The summed E-state index contributed by atoms with van der Waals surface area (Å²) >= 11 is 0. The molecule has 1 saturated heterocycles. The Hall–Kier alpha value is -0.930. The predicted octanol–water partition coefficient (Wildman–Crippen LogP) is 2.01. The Kier molecular flexibility index (Phi) is 4.31. The number of rotatable bonds is 2. The van der Waals surface area contributed by atoms with E-state index < -0.39 is 0 Å². The monoisotopic (exact) mass is 222 g/mol. The standard InChI is InChI=1S/C13H19FN2/c14-13-5-1-4-12(10-13)11-16-8-2-6-15-7-3-9-16/h1,4-5,10,15H,2-3,6-9,11H2. The van der Waals surface area contributed by atoms with E-state index in [0.717, 1.165) is 38.3 Å². The Morgan fingerprint density at radius 1 is 1.19 bits per heavy atom. The van der Waals surface area contributed by atoms with Crippen molar-refractivity contribution in [2.75, 3.05) is 26.2 Å². The molecular weight excluding hydrogens is 203 g/mol. The lowest BCUT2D eigenvalue weighted by atomic mass is 10.2. The summed E-state index contributed by atoms with van der Waals surface area (Å²) in [4.78, 5) is 2.41. The van der Waals surface area contributed by atoms with Crippen LogP contribution in [0.2, 0.25) is 0 Å². The average molecular weight is 222 g/mol. The SMILES string of the molecule is Fc1cccc(CN2CCCNCCC2)c1. The molecule has 0 spiro atoms. The minimum Gasteiger partial charge on any atom is -0.317 e. The van der Waals surface area contributed by atoms with Gasteiger partial charge in [0.2, 0.25) is 0 Å². The molecule has 1 aliphatic heterocycles. The molecule has 1 heterocycles. The third kappa shape index (κ3) is 3.58. The molecule has 16 heavy (non-hydrogen) atoms. The fourth-order valence-corrected chi connectivity index (χ4v) is 2.14. The van der Waals surface area contributed by atoms with Crippen molar-refractivity contribution in [2.45, 2.75) is 19.4 Å². The second-order valence-electron chi connectivity index (χ2n) is 4.36. The molecule has 0 unspecified atom stereocenters. The maximum atomic E-state index is 13.0. The molecule has 1 aromatic rings. The molecule has 2 nitrogen and oxygen atoms in total. The Balaban J connectivity index is 1.91. The van der Waals surface area contributed by atoms with E-state index in [9.17, 15) is 4.39 Å². The third-order valence-corrected chi connectivity index (χ3v) is 2.95. The van der Waals surface area contributed by atoms with Crippen LogP contribution in [-0.2, 0) is 6.54 Å². The van der Waals surface area contributed by atoms with Gasteiger partial charge in [0.1, 0.15) is 5.82 Å². The molecule has 1 N–H and O–H groups in total. The van der Waals surface area contributed by atoms with Gasteiger partial charge in [0.25, 0.3) is 0 Å². The Morgan fingerprint density at radius 2 is 1.94 bits per heavy atom. The highest BCUT2D eigenvalue weighted by atomic mass is 19.1. The van der Waals surface area contributed by atoms with E-state index in [1.165, 1.54) is 18.9 Å². The van der Waals surface area contributed by atoms with Crippen molar-refractivity contribution in [3.05, 3.63) is 35.6 Å². The summed E-state index contributed by atoms with van der Waals surface area (Å²) in [6.07, 6.45) is 2.35. The Morgan fingerprint density at radius 3 is 2.62 bits per heavy atom. The molecule has 1 aromatic carbocycles. The van der Waals surface area contributed by atoms with Gasteiger partial charge in [-0.05, 0) is 56.7 Å². The van der Waals surface area contributed by atoms with Gasteiger partial charge >= 0.3 is 0 Å². The zero-order chi connectivity index (χ0) is 11.2. The first kappa shape index (κ1) is 11.6. The highest BCUT2D eigenvalue weighted by Gasteiger charge is 2.08. The fourth-order valence-electron chi connectivity index (χ4n) is 2.14. The van der Waals surface area contributed by atoms with Crippen molar-refractivity contribution in [2.24, 2.45) is 0 Å². The topological polar surface area (TPSA) is 15.3 Å². The molecule has 0 aliphatic carbocycles. The average Bonchev–Trinajstić information content (AvgIpc) is 2.22. The summed E-state index contributed by atoms with van der Waals surface area (Å²) in [5.41, 5.74) is 1.08. The van der Waals surface area contributed by atoms with Crippen LogP contribution < -0.4 is 5.32 Å². The first-order chi connectivity index (χ1) is 7.84. The van der Waals surface area contributed by atoms with Crippen LogP contribution >= 0.6 is 0 Å². The summed E-state index contributed by atoms with van der Waals surface area (Å²) in [5, 5.41) is 3.39. The van der Waals surface area contributed by atoms with E-state index in [2.05, 4.69) is 10.2 Å². The van der Waals surface area contributed by atoms with E-state index >= 15 is 0 Å². The zero-order valence-electron chi connectivity index (χ0n) is 9.58. The molecule has 3 heteroatoms. The zero-order valence-corrected chi connectivity index (χ0v) is 9.58. The van der Waals surface area contributed by atoms with E-state index in [4.69, 9.17) is 0 Å². The highest BCUT2D eigenvalue weighted by Crippen LogP contribution is 2.08. The van der Waals surface area contributed by atoms with Gasteiger partial charge in [0, 0.05) is 6.54 Å². The molecule has 0 saturated carbocycles. The second-order valence-corrected chi connectivity index (χ2v) is 4.36. The lowest BCUT2D eigenvalue weighted by Gasteiger charge is -2.24. The van der Waals surface area contributed by atoms with Crippen LogP contribution in [0.1, 0.15) is 18.4 Å². The van der Waals surface area contributed by atoms with E-state index in [0.29, 0.717) is 0 Å². The highest BCUT2D eigenvalue weighted by molar-refractivity contribution is 5.16. The van der Waals surface area contributed by atoms with Gasteiger partial charge in [-0.15, -0.1) is 0 Å². The van der Waals surface area contributed by atoms with Crippen molar-refractivity contribution in [1.29, 1.82) is 0 Å². The quantitative estimate of drug-likeness (QED) is 0.823. The van der Waals surface area contributed by atoms with Crippen LogP contribution in [0.3, 0.4) is 0 Å². The molecule has 0 aromatic heterocycles. The second kappa shape index (κ2) is 5.97. The van der Waals surface area contributed by atoms with E-state index in [-0.39, 0.29) is 5.82 Å². The molecule has 88 valence electrons. The maximum Gasteiger partial charge on any atom is 0.123 e. The molecule has 0 amide bonds. The van der Waals surface area contributed by atoms with Gasteiger partial charge < -0.3 is 5.32 Å². The largest absolute Gasteiger partial charge is 0.317 e. The summed E-state index contributed by atoms with van der Waals surface area (Å²) in [7, 11) is 0. The van der Waals surface area contributed by atoms with Gasteiger partial charge in [0.05, 0.1) is 0 Å². The van der Waals surface area contributed by atoms with Gasteiger partial charge in [-0.25, -0.2) is 4.39 Å². The fraction of sp³-hybridized carbons (Fsp3) is 0.538. The minimum atomic E-state index is -0.133. The van der Waals surface area contributed by atoms with Gasteiger partial charge in [0.15, 0.2) is 0 Å². The van der Waals surface area contributed by atoms with Gasteiger partial charge in [-0.3, -0.25) is 4.90 Å².